The van der Waals surface area contributed by atoms with E-state index in [1.165, 1.54) is 12.1 Å². The van der Waals surface area contributed by atoms with Gasteiger partial charge in [0.2, 0.25) is 0 Å². The van der Waals surface area contributed by atoms with Crippen molar-refractivity contribution in [2.45, 2.75) is 6.54 Å². The van der Waals surface area contributed by atoms with Gasteiger partial charge in [0.15, 0.2) is 0 Å². The van der Waals surface area contributed by atoms with Crippen molar-refractivity contribution in [1.82, 2.24) is 4.72 Å². The Balaban J connectivity index is 2.29. The van der Waals surface area contributed by atoms with Crippen LogP contribution in [0, 0.1) is 5.41 Å². The van der Waals surface area contributed by atoms with Crippen molar-refractivity contribution in [2.75, 3.05) is 18.6 Å². The van der Waals surface area contributed by atoms with Crippen molar-refractivity contribution in [1.29, 1.82) is 5.41 Å². The number of benzene rings is 2. The second kappa shape index (κ2) is 7.80. The van der Waals surface area contributed by atoms with Crippen LogP contribution in [-0.4, -0.2) is 30.1 Å². The largest absolute Gasteiger partial charge is 0.478 e. The molecular formula is C17H19N3O2S. The zero-order valence-electron chi connectivity index (χ0n) is 13.0. The molecular weight excluding hydrogens is 310 g/mol. The summed E-state index contributed by atoms with van der Waals surface area (Å²) in [6.07, 6.45) is 1.98. The van der Waals surface area contributed by atoms with Gasteiger partial charge in [-0.05, 0) is 30.0 Å². The highest BCUT2D eigenvalue weighted by Crippen LogP contribution is 2.21. The minimum Gasteiger partial charge on any atom is -0.478 e. The van der Waals surface area contributed by atoms with Crippen molar-refractivity contribution in [3.63, 3.8) is 0 Å². The van der Waals surface area contributed by atoms with Gasteiger partial charge in [0.1, 0.15) is 0 Å². The number of anilines is 1. The third-order valence-electron chi connectivity index (χ3n) is 3.46. The van der Waals surface area contributed by atoms with Crippen LogP contribution in [0.4, 0.5) is 5.69 Å². The van der Waals surface area contributed by atoms with Gasteiger partial charge in [0.25, 0.3) is 0 Å². The van der Waals surface area contributed by atoms with Crippen molar-refractivity contribution in [3.05, 3.63) is 64.7 Å². The Kier molecular flexibility index (Phi) is 5.78. The number of hydrogen-bond donors (Lipinski definition) is 4. The molecule has 0 heterocycles. The SMILES string of the molecule is CNc1cc(CNSC)ccc1C(=N)c1ccc(C(=O)O)cc1. The minimum absolute atomic E-state index is 0.217. The molecule has 0 aliphatic carbocycles. The summed E-state index contributed by atoms with van der Waals surface area (Å²) in [5.74, 6) is -0.968. The zero-order valence-corrected chi connectivity index (χ0v) is 13.8. The summed E-state index contributed by atoms with van der Waals surface area (Å²) in [6.45, 7) is 0.747. The van der Waals surface area contributed by atoms with Gasteiger partial charge in [-0.15, -0.1) is 0 Å². The van der Waals surface area contributed by atoms with Crippen molar-refractivity contribution < 1.29 is 9.90 Å². The first-order valence-corrected chi connectivity index (χ1v) is 8.28. The van der Waals surface area contributed by atoms with Crippen LogP contribution in [0.25, 0.3) is 0 Å². The Hall–Kier alpha value is -2.31. The molecule has 0 spiro atoms. The van der Waals surface area contributed by atoms with Gasteiger partial charge in [0, 0.05) is 30.4 Å². The standard InChI is InChI=1S/C17H19N3O2S/c1-19-15-9-11(10-20-23-2)3-8-14(15)16(18)12-4-6-13(7-5-12)17(21)22/h3-9,18-20H,10H2,1-2H3,(H,21,22). The zero-order chi connectivity index (χ0) is 16.8. The average Bonchev–Trinajstić information content (AvgIpc) is 2.59. The van der Waals surface area contributed by atoms with Crippen LogP contribution in [0.15, 0.2) is 42.5 Å². The molecule has 0 bridgehead atoms. The van der Waals surface area contributed by atoms with E-state index in [9.17, 15) is 4.79 Å². The molecule has 23 heavy (non-hydrogen) atoms. The van der Waals surface area contributed by atoms with Crippen LogP contribution in [-0.2, 0) is 6.54 Å². The molecule has 5 nitrogen and oxygen atoms in total. The molecule has 0 aliphatic rings. The molecule has 0 aromatic heterocycles. The van der Waals surface area contributed by atoms with Gasteiger partial charge in [-0.25, -0.2) is 4.79 Å². The highest BCUT2D eigenvalue weighted by atomic mass is 32.2. The smallest absolute Gasteiger partial charge is 0.335 e. The quantitative estimate of drug-likeness (QED) is 0.463. The van der Waals surface area contributed by atoms with Crippen molar-refractivity contribution >= 4 is 29.3 Å². The molecule has 0 fully saturated rings. The molecule has 2 aromatic carbocycles. The highest BCUT2D eigenvalue weighted by molar-refractivity contribution is 7.96. The van der Waals surface area contributed by atoms with Crippen LogP contribution >= 0.6 is 11.9 Å². The van der Waals surface area contributed by atoms with Crippen LogP contribution in [0.1, 0.15) is 27.0 Å². The third-order valence-corrected chi connectivity index (χ3v) is 3.90. The van der Waals surface area contributed by atoms with Gasteiger partial charge >= 0.3 is 5.97 Å². The molecule has 4 N–H and O–H groups in total. The molecule has 0 saturated carbocycles. The van der Waals surface area contributed by atoms with E-state index in [2.05, 4.69) is 10.0 Å². The Bertz CT molecular complexity index is 714. The maximum absolute atomic E-state index is 10.9. The molecule has 2 aromatic rings. The Morgan fingerprint density at radius 1 is 1.17 bits per heavy atom. The Labute approximate surface area is 139 Å². The number of carboxylic acid groups (broad SMARTS) is 1. The fourth-order valence-corrected chi connectivity index (χ4v) is 2.53. The first-order chi connectivity index (χ1) is 11.1. The fraction of sp³-hybridized carbons (Fsp3) is 0.176. The van der Waals surface area contributed by atoms with Gasteiger partial charge < -0.3 is 10.4 Å². The lowest BCUT2D eigenvalue weighted by Gasteiger charge is -2.13. The summed E-state index contributed by atoms with van der Waals surface area (Å²) < 4.78 is 3.19. The van der Waals surface area contributed by atoms with E-state index in [1.54, 1.807) is 24.1 Å². The van der Waals surface area contributed by atoms with Gasteiger partial charge in [0.05, 0.1) is 11.3 Å². The topological polar surface area (TPSA) is 85.2 Å². The van der Waals surface area contributed by atoms with Crippen LogP contribution < -0.4 is 10.0 Å². The van der Waals surface area contributed by atoms with E-state index in [0.29, 0.717) is 11.3 Å². The number of nitrogens with one attached hydrogen (secondary N) is 3. The number of hydrogen-bond acceptors (Lipinski definition) is 5. The molecule has 0 aliphatic heterocycles. The third kappa shape index (κ3) is 4.12. The Morgan fingerprint density at radius 2 is 1.83 bits per heavy atom. The molecule has 0 saturated heterocycles. The first-order valence-electron chi connectivity index (χ1n) is 7.06. The molecule has 0 atom stereocenters. The second-order valence-electron chi connectivity index (χ2n) is 4.91. The highest BCUT2D eigenvalue weighted by Gasteiger charge is 2.11. The van der Waals surface area contributed by atoms with Gasteiger partial charge in [-0.3, -0.25) is 10.1 Å². The monoisotopic (exact) mass is 329 g/mol. The van der Waals surface area contributed by atoms with E-state index in [-0.39, 0.29) is 5.56 Å². The minimum atomic E-state index is -0.968. The Morgan fingerprint density at radius 3 is 2.39 bits per heavy atom. The molecule has 0 amide bonds. The second-order valence-corrected chi connectivity index (χ2v) is 5.61. The molecule has 6 heteroatoms. The first kappa shape index (κ1) is 17.1. The lowest BCUT2D eigenvalue weighted by molar-refractivity contribution is 0.0697. The summed E-state index contributed by atoms with van der Waals surface area (Å²) in [6, 6.07) is 12.3. The number of carbonyl (C=O) groups is 1. The van der Waals surface area contributed by atoms with Crippen LogP contribution in [0.5, 0.6) is 0 Å². The number of rotatable bonds is 7. The summed E-state index contributed by atoms with van der Waals surface area (Å²) >= 11 is 1.56. The summed E-state index contributed by atoms with van der Waals surface area (Å²) in [7, 11) is 1.82. The predicted molar refractivity (Wildman–Crippen MR) is 95.7 cm³/mol. The predicted octanol–water partition coefficient (Wildman–Crippen LogP) is 3.21. The maximum atomic E-state index is 10.9. The van der Waals surface area contributed by atoms with Gasteiger partial charge in [-0.2, -0.15) is 0 Å². The van der Waals surface area contributed by atoms with Crippen molar-refractivity contribution in [3.8, 4) is 0 Å². The summed E-state index contributed by atoms with van der Waals surface area (Å²) in [5, 5.41) is 20.5. The molecule has 120 valence electrons. The van der Waals surface area contributed by atoms with E-state index >= 15 is 0 Å². The van der Waals surface area contributed by atoms with Gasteiger partial charge in [-0.1, -0.05) is 36.2 Å². The lowest BCUT2D eigenvalue weighted by Crippen LogP contribution is -2.08. The summed E-state index contributed by atoms with van der Waals surface area (Å²) in [5.41, 5.74) is 4.04. The van der Waals surface area contributed by atoms with Crippen LogP contribution in [0.3, 0.4) is 0 Å². The normalized spacial score (nSPS) is 10.3. The van der Waals surface area contributed by atoms with E-state index in [1.807, 2.05) is 31.5 Å². The van der Waals surface area contributed by atoms with Crippen LogP contribution in [0.2, 0.25) is 0 Å². The number of carboxylic acids is 1. The summed E-state index contributed by atoms with van der Waals surface area (Å²) in [4.78, 5) is 10.9. The van der Waals surface area contributed by atoms with E-state index < -0.39 is 5.97 Å². The van der Waals surface area contributed by atoms with Crippen molar-refractivity contribution in [2.24, 2.45) is 0 Å². The average molecular weight is 329 g/mol. The lowest BCUT2D eigenvalue weighted by atomic mass is 9.98. The maximum Gasteiger partial charge on any atom is 0.335 e. The molecule has 0 radical (unpaired) electrons. The van der Waals surface area contributed by atoms with E-state index in [0.717, 1.165) is 23.4 Å². The molecule has 2 rings (SSSR count). The molecule has 0 unspecified atom stereocenters. The fourth-order valence-electron chi connectivity index (χ4n) is 2.22. The number of aromatic carboxylic acids is 1. The van der Waals surface area contributed by atoms with E-state index in [4.69, 9.17) is 10.5 Å².